The van der Waals surface area contributed by atoms with Gasteiger partial charge in [0.1, 0.15) is 0 Å². The maximum Gasteiger partial charge on any atom is 0.254 e. The van der Waals surface area contributed by atoms with E-state index in [0.717, 1.165) is 17.8 Å². The van der Waals surface area contributed by atoms with Crippen LogP contribution >= 0.6 is 22.9 Å². The van der Waals surface area contributed by atoms with Gasteiger partial charge in [-0.1, -0.05) is 36.8 Å². The molecule has 0 saturated heterocycles. The summed E-state index contributed by atoms with van der Waals surface area (Å²) in [7, 11) is -1.85. The standard InChI is InChI=1S/C10H17ClN2O2S2/c1-7(2)5-6-13(4)17(14,15)9-8(3)12-10(11)16-9/h7H,5-6H2,1-4H3. The molecule has 0 aliphatic rings. The van der Waals surface area contributed by atoms with Crippen LogP contribution < -0.4 is 0 Å². The first kappa shape index (κ1) is 14.9. The molecule has 0 aliphatic carbocycles. The Kier molecular flexibility index (Phi) is 4.95. The van der Waals surface area contributed by atoms with Crippen LogP contribution in [0.3, 0.4) is 0 Å². The van der Waals surface area contributed by atoms with Crippen molar-refractivity contribution in [3.8, 4) is 0 Å². The normalized spacial score (nSPS) is 12.6. The van der Waals surface area contributed by atoms with Crippen molar-refractivity contribution < 1.29 is 8.42 Å². The smallest absolute Gasteiger partial charge is 0.229 e. The van der Waals surface area contributed by atoms with Crippen molar-refractivity contribution in [1.82, 2.24) is 9.29 Å². The van der Waals surface area contributed by atoms with E-state index in [1.807, 2.05) is 0 Å². The second-order valence-electron chi connectivity index (χ2n) is 4.35. The lowest BCUT2D eigenvalue weighted by Gasteiger charge is -2.17. The zero-order chi connectivity index (χ0) is 13.2. The minimum Gasteiger partial charge on any atom is -0.229 e. The molecule has 0 radical (unpaired) electrons. The molecular weight excluding hydrogens is 280 g/mol. The summed E-state index contributed by atoms with van der Waals surface area (Å²) in [6, 6.07) is 0. The van der Waals surface area contributed by atoms with Gasteiger partial charge in [0.25, 0.3) is 10.0 Å². The number of thiazole rings is 1. The van der Waals surface area contributed by atoms with Gasteiger partial charge in [-0.3, -0.25) is 0 Å². The lowest BCUT2D eigenvalue weighted by atomic mass is 10.1. The van der Waals surface area contributed by atoms with E-state index in [1.165, 1.54) is 4.31 Å². The first-order valence-electron chi connectivity index (χ1n) is 5.34. The summed E-state index contributed by atoms with van der Waals surface area (Å²) in [6.07, 6.45) is 0.835. The summed E-state index contributed by atoms with van der Waals surface area (Å²) >= 11 is 6.74. The van der Waals surface area contributed by atoms with Crippen molar-refractivity contribution in [3.63, 3.8) is 0 Å². The highest BCUT2D eigenvalue weighted by Crippen LogP contribution is 2.28. The van der Waals surface area contributed by atoms with E-state index >= 15 is 0 Å². The molecule has 0 saturated carbocycles. The van der Waals surface area contributed by atoms with Crippen LogP contribution in [-0.4, -0.2) is 31.3 Å². The molecule has 0 N–H and O–H groups in total. The molecule has 1 rings (SSSR count). The fraction of sp³-hybridized carbons (Fsp3) is 0.700. The average molecular weight is 297 g/mol. The van der Waals surface area contributed by atoms with E-state index in [2.05, 4.69) is 18.8 Å². The van der Waals surface area contributed by atoms with E-state index in [0.29, 0.717) is 18.2 Å². The fourth-order valence-electron chi connectivity index (χ4n) is 1.29. The topological polar surface area (TPSA) is 50.3 Å². The molecule has 0 unspecified atom stereocenters. The summed E-state index contributed by atoms with van der Waals surface area (Å²) < 4.78 is 26.3. The van der Waals surface area contributed by atoms with Gasteiger partial charge in [0.2, 0.25) is 0 Å². The molecule has 0 spiro atoms. The molecule has 0 bridgehead atoms. The lowest BCUT2D eigenvalue weighted by molar-refractivity contribution is 0.429. The Hall–Kier alpha value is -0.170. The highest BCUT2D eigenvalue weighted by atomic mass is 35.5. The number of nitrogens with zero attached hydrogens (tertiary/aromatic N) is 2. The first-order valence-corrected chi connectivity index (χ1v) is 7.98. The van der Waals surface area contributed by atoms with Crippen molar-refractivity contribution in [1.29, 1.82) is 0 Å². The molecule has 1 heterocycles. The average Bonchev–Trinajstić information content (AvgIpc) is 2.54. The number of aromatic nitrogens is 1. The second kappa shape index (κ2) is 5.65. The Morgan fingerprint density at radius 1 is 1.47 bits per heavy atom. The largest absolute Gasteiger partial charge is 0.254 e. The summed E-state index contributed by atoms with van der Waals surface area (Å²) in [4.78, 5) is 3.93. The molecule has 4 nitrogen and oxygen atoms in total. The Balaban J connectivity index is 2.91. The molecule has 0 amide bonds. The third-order valence-corrected chi connectivity index (χ3v) is 6.10. The predicted octanol–water partition coefficient (Wildman–Crippen LogP) is 2.77. The number of hydrogen-bond donors (Lipinski definition) is 0. The molecule has 0 aromatic carbocycles. The van der Waals surface area contributed by atoms with Crippen LogP contribution in [0.15, 0.2) is 4.21 Å². The van der Waals surface area contributed by atoms with Gasteiger partial charge in [0.05, 0.1) is 5.69 Å². The molecule has 17 heavy (non-hydrogen) atoms. The predicted molar refractivity (Wildman–Crippen MR) is 71.1 cm³/mol. The molecule has 7 heteroatoms. The Morgan fingerprint density at radius 2 is 2.06 bits per heavy atom. The summed E-state index contributed by atoms with van der Waals surface area (Å²) in [5.74, 6) is 0.471. The van der Waals surface area contributed by atoms with E-state index in [9.17, 15) is 8.42 Å². The van der Waals surface area contributed by atoms with Crippen molar-refractivity contribution >= 4 is 33.0 Å². The van der Waals surface area contributed by atoms with Crippen LogP contribution in [0.5, 0.6) is 0 Å². The van der Waals surface area contributed by atoms with E-state index < -0.39 is 10.0 Å². The third-order valence-electron chi connectivity index (χ3n) is 2.39. The zero-order valence-electron chi connectivity index (χ0n) is 10.4. The lowest BCUT2D eigenvalue weighted by Crippen LogP contribution is -2.28. The van der Waals surface area contributed by atoms with Crippen LogP contribution in [0.2, 0.25) is 4.47 Å². The van der Waals surface area contributed by atoms with Crippen LogP contribution in [0.1, 0.15) is 26.0 Å². The van der Waals surface area contributed by atoms with Crippen molar-refractivity contribution in [2.75, 3.05) is 13.6 Å². The summed E-state index contributed by atoms with van der Waals surface area (Å²) in [6.45, 7) is 6.30. The number of sulfonamides is 1. The summed E-state index contributed by atoms with van der Waals surface area (Å²) in [5, 5.41) is 0. The van der Waals surface area contributed by atoms with E-state index in [-0.39, 0.29) is 8.68 Å². The minimum atomic E-state index is -3.44. The molecule has 0 aliphatic heterocycles. The minimum absolute atomic E-state index is 0.244. The van der Waals surface area contributed by atoms with Crippen LogP contribution in [0.25, 0.3) is 0 Å². The van der Waals surface area contributed by atoms with E-state index in [4.69, 9.17) is 11.6 Å². The van der Waals surface area contributed by atoms with Gasteiger partial charge in [-0.15, -0.1) is 0 Å². The molecular formula is C10H17ClN2O2S2. The fourth-order valence-corrected chi connectivity index (χ4v) is 4.40. The quantitative estimate of drug-likeness (QED) is 0.839. The zero-order valence-corrected chi connectivity index (χ0v) is 12.8. The number of aryl methyl sites for hydroxylation is 1. The van der Waals surface area contributed by atoms with Crippen LogP contribution in [-0.2, 0) is 10.0 Å². The van der Waals surface area contributed by atoms with Gasteiger partial charge in [0, 0.05) is 13.6 Å². The second-order valence-corrected chi connectivity index (χ2v) is 8.17. The Labute approximate surface area is 112 Å². The van der Waals surface area contributed by atoms with Gasteiger partial charge >= 0.3 is 0 Å². The highest BCUT2D eigenvalue weighted by molar-refractivity contribution is 7.91. The summed E-state index contributed by atoms with van der Waals surface area (Å²) in [5.41, 5.74) is 0.469. The molecule has 98 valence electrons. The van der Waals surface area contributed by atoms with Crippen LogP contribution in [0.4, 0.5) is 0 Å². The Bertz CT molecular complexity index is 482. The molecule has 0 fully saturated rings. The molecule has 1 aromatic heterocycles. The van der Waals surface area contributed by atoms with Crippen molar-refractivity contribution in [3.05, 3.63) is 10.2 Å². The van der Waals surface area contributed by atoms with Crippen LogP contribution in [0, 0.1) is 12.8 Å². The monoisotopic (exact) mass is 296 g/mol. The molecule has 1 aromatic rings. The van der Waals surface area contributed by atoms with Gasteiger partial charge in [0.15, 0.2) is 8.68 Å². The maximum absolute atomic E-state index is 12.2. The first-order chi connectivity index (χ1) is 7.75. The van der Waals surface area contributed by atoms with Crippen molar-refractivity contribution in [2.24, 2.45) is 5.92 Å². The number of hydrogen-bond acceptors (Lipinski definition) is 4. The van der Waals surface area contributed by atoms with E-state index in [1.54, 1.807) is 14.0 Å². The van der Waals surface area contributed by atoms with Crippen molar-refractivity contribution in [2.45, 2.75) is 31.4 Å². The number of rotatable bonds is 5. The van der Waals surface area contributed by atoms with Gasteiger partial charge in [-0.2, -0.15) is 0 Å². The van der Waals surface area contributed by atoms with Gasteiger partial charge < -0.3 is 0 Å². The van der Waals surface area contributed by atoms with Gasteiger partial charge in [-0.25, -0.2) is 17.7 Å². The maximum atomic E-state index is 12.2. The molecule has 0 atom stereocenters. The Morgan fingerprint density at radius 3 is 2.47 bits per heavy atom. The SMILES string of the molecule is Cc1nc(Cl)sc1S(=O)(=O)N(C)CCC(C)C. The third kappa shape index (κ3) is 3.64. The highest BCUT2D eigenvalue weighted by Gasteiger charge is 2.26. The van der Waals surface area contributed by atoms with Gasteiger partial charge in [-0.05, 0) is 19.3 Å². The number of halogens is 1.